The number of nitrogens with zero attached hydrogens (tertiary/aromatic N) is 2. The second-order valence-electron chi connectivity index (χ2n) is 6.38. The molecule has 29 heavy (non-hydrogen) atoms. The normalized spacial score (nSPS) is 15.3. The van der Waals surface area contributed by atoms with Crippen molar-refractivity contribution in [3.05, 3.63) is 65.0 Å². The molecule has 3 aromatic rings. The molecule has 0 fully saturated rings. The van der Waals surface area contributed by atoms with Crippen LogP contribution in [-0.4, -0.2) is 29.5 Å². The molecule has 0 unspecified atom stereocenters. The molecule has 1 atom stereocenters. The van der Waals surface area contributed by atoms with Gasteiger partial charge in [-0.1, -0.05) is 30.3 Å². The van der Waals surface area contributed by atoms with Gasteiger partial charge in [-0.05, 0) is 23.3 Å². The number of fused-ring (bicyclic) bond motifs is 1. The van der Waals surface area contributed by atoms with Crippen LogP contribution in [0.3, 0.4) is 0 Å². The topological polar surface area (TPSA) is 126 Å². The Morgan fingerprint density at radius 3 is 2.41 bits per heavy atom. The molecule has 0 saturated carbocycles. The Hall–Kier alpha value is -4.12. The fraction of sp³-hybridized carbons (Fsp3) is 0.143. The van der Waals surface area contributed by atoms with Gasteiger partial charge in [-0.25, -0.2) is 0 Å². The minimum absolute atomic E-state index is 0.0258. The molecule has 1 aromatic heterocycles. The molecule has 8 heteroatoms. The van der Waals surface area contributed by atoms with Gasteiger partial charge in [-0.3, -0.25) is 5.10 Å². The summed E-state index contributed by atoms with van der Waals surface area (Å²) in [4.78, 5) is 0. The first kappa shape index (κ1) is 18.3. The van der Waals surface area contributed by atoms with E-state index in [2.05, 4.69) is 16.3 Å². The Labute approximate surface area is 166 Å². The van der Waals surface area contributed by atoms with Crippen LogP contribution in [0.4, 0.5) is 0 Å². The van der Waals surface area contributed by atoms with Crippen molar-refractivity contribution >= 4 is 0 Å². The second-order valence-corrected chi connectivity index (χ2v) is 6.38. The number of nitrogens with two attached hydrogens (primary N) is 1. The van der Waals surface area contributed by atoms with Crippen molar-refractivity contribution in [2.45, 2.75) is 5.92 Å². The van der Waals surface area contributed by atoms with Gasteiger partial charge in [0.1, 0.15) is 11.6 Å². The highest BCUT2D eigenvalue weighted by Gasteiger charge is 2.36. The van der Waals surface area contributed by atoms with Gasteiger partial charge in [0, 0.05) is 0 Å². The molecule has 1 aliphatic rings. The van der Waals surface area contributed by atoms with Crippen molar-refractivity contribution in [3.63, 3.8) is 0 Å². The Kier molecular flexibility index (Phi) is 4.49. The molecule has 4 rings (SSSR count). The fourth-order valence-corrected chi connectivity index (χ4v) is 3.48. The zero-order valence-corrected chi connectivity index (χ0v) is 15.8. The Balaban J connectivity index is 1.99. The first-order valence-electron chi connectivity index (χ1n) is 8.75. The number of methoxy groups -OCH3 is 2. The lowest BCUT2D eigenvalue weighted by Crippen LogP contribution is -2.21. The van der Waals surface area contributed by atoms with Gasteiger partial charge in [0.15, 0.2) is 11.5 Å². The maximum Gasteiger partial charge on any atom is 0.244 e. The van der Waals surface area contributed by atoms with Crippen LogP contribution in [0, 0.1) is 11.3 Å². The van der Waals surface area contributed by atoms with Crippen LogP contribution >= 0.6 is 0 Å². The predicted molar refractivity (Wildman–Crippen MR) is 105 cm³/mol. The highest BCUT2D eigenvalue weighted by molar-refractivity contribution is 5.71. The van der Waals surface area contributed by atoms with Gasteiger partial charge in [0.05, 0.1) is 31.4 Å². The number of rotatable bonds is 4. The van der Waals surface area contributed by atoms with E-state index in [1.807, 2.05) is 30.3 Å². The van der Waals surface area contributed by atoms with Crippen LogP contribution in [-0.2, 0) is 0 Å². The van der Waals surface area contributed by atoms with Gasteiger partial charge in [-0.15, -0.1) is 5.10 Å². The lowest BCUT2D eigenvalue weighted by molar-refractivity contribution is 0.338. The number of aromatic nitrogens is 2. The fourth-order valence-electron chi connectivity index (χ4n) is 3.48. The van der Waals surface area contributed by atoms with E-state index in [0.717, 1.165) is 5.56 Å². The molecule has 1 aliphatic heterocycles. The van der Waals surface area contributed by atoms with Gasteiger partial charge in [-0.2, -0.15) is 5.26 Å². The standard InChI is InChI=1S/C21H18N4O4/c1-27-14-8-12(9-15(28-2)19(14)26)16-13(10-22)20(23)29-21-17(16)18(24-25-21)11-6-4-3-5-7-11/h3-9,16,26H,23H2,1-2H3,(H,24,25)/t16-/m1/s1. The van der Waals surface area contributed by atoms with Crippen molar-refractivity contribution in [1.29, 1.82) is 5.26 Å². The maximum absolute atomic E-state index is 10.3. The third-order valence-corrected chi connectivity index (χ3v) is 4.84. The van der Waals surface area contributed by atoms with E-state index < -0.39 is 5.92 Å². The third kappa shape index (κ3) is 2.89. The zero-order valence-electron chi connectivity index (χ0n) is 15.8. The highest BCUT2D eigenvalue weighted by Crippen LogP contribution is 2.48. The largest absolute Gasteiger partial charge is 0.502 e. The third-order valence-electron chi connectivity index (χ3n) is 4.84. The number of allylic oxidation sites excluding steroid dienone is 1. The minimum Gasteiger partial charge on any atom is -0.502 e. The highest BCUT2D eigenvalue weighted by atomic mass is 16.5. The summed E-state index contributed by atoms with van der Waals surface area (Å²) in [5.41, 5.74) is 9.13. The molecule has 0 saturated heterocycles. The monoisotopic (exact) mass is 390 g/mol. The number of hydrogen-bond acceptors (Lipinski definition) is 7. The van der Waals surface area contributed by atoms with Crippen LogP contribution in [0.25, 0.3) is 11.3 Å². The van der Waals surface area contributed by atoms with Gasteiger partial charge in [0.25, 0.3) is 0 Å². The first-order chi connectivity index (χ1) is 14.1. The average molecular weight is 390 g/mol. The molecule has 0 spiro atoms. The van der Waals surface area contributed by atoms with Gasteiger partial charge >= 0.3 is 0 Å². The Morgan fingerprint density at radius 2 is 1.83 bits per heavy atom. The van der Waals surface area contributed by atoms with E-state index in [-0.39, 0.29) is 34.6 Å². The SMILES string of the molecule is COc1cc([C@@H]2C(C#N)=C(N)Oc3n[nH]c(-c4ccccc4)c32)cc(OC)c1O. The number of hydrogen-bond donors (Lipinski definition) is 3. The summed E-state index contributed by atoms with van der Waals surface area (Å²) in [5, 5.41) is 27.3. The number of nitrogens with one attached hydrogen (secondary N) is 1. The van der Waals surface area contributed by atoms with Crippen molar-refractivity contribution in [2.24, 2.45) is 5.73 Å². The van der Waals surface area contributed by atoms with Crippen molar-refractivity contribution in [2.75, 3.05) is 14.2 Å². The minimum atomic E-state index is -0.596. The Morgan fingerprint density at radius 1 is 1.17 bits per heavy atom. The molecule has 0 bridgehead atoms. The molecule has 4 N–H and O–H groups in total. The lowest BCUT2D eigenvalue weighted by Gasteiger charge is -2.25. The number of phenolic OH excluding ortho intramolecular Hbond substituents is 1. The van der Waals surface area contributed by atoms with Gasteiger partial charge < -0.3 is 25.1 Å². The smallest absolute Gasteiger partial charge is 0.244 e. The van der Waals surface area contributed by atoms with Crippen LogP contribution in [0.15, 0.2) is 53.9 Å². The average Bonchev–Trinajstić information content (AvgIpc) is 3.17. The number of phenols is 1. The lowest BCUT2D eigenvalue weighted by atomic mass is 9.82. The summed E-state index contributed by atoms with van der Waals surface area (Å²) in [5.74, 6) is -0.0300. The second kappa shape index (κ2) is 7.13. The summed E-state index contributed by atoms with van der Waals surface area (Å²) in [6, 6.07) is 15.0. The number of ether oxygens (including phenoxy) is 3. The molecule has 0 amide bonds. The summed E-state index contributed by atoms with van der Waals surface area (Å²) < 4.78 is 16.2. The number of aromatic amines is 1. The van der Waals surface area contributed by atoms with Crippen molar-refractivity contribution in [1.82, 2.24) is 10.2 Å². The van der Waals surface area contributed by atoms with Crippen LogP contribution in [0.5, 0.6) is 23.1 Å². The van der Waals surface area contributed by atoms with E-state index in [0.29, 0.717) is 16.8 Å². The molecule has 8 nitrogen and oxygen atoms in total. The number of aromatic hydroxyl groups is 1. The van der Waals surface area contributed by atoms with E-state index in [4.69, 9.17) is 19.9 Å². The van der Waals surface area contributed by atoms with E-state index in [1.165, 1.54) is 14.2 Å². The van der Waals surface area contributed by atoms with E-state index in [1.54, 1.807) is 12.1 Å². The van der Waals surface area contributed by atoms with Crippen molar-refractivity contribution in [3.8, 4) is 40.5 Å². The molecule has 2 heterocycles. The summed E-state index contributed by atoms with van der Waals surface area (Å²) in [7, 11) is 2.88. The molecular formula is C21H18N4O4. The zero-order chi connectivity index (χ0) is 20.5. The number of benzene rings is 2. The summed E-state index contributed by atoms with van der Waals surface area (Å²) in [6.07, 6.45) is 0. The van der Waals surface area contributed by atoms with Gasteiger partial charge in [0.2, 0.25) is 17.5 Å². The van der Waals surface area contributed by atoms with Crippen LogP contribution in [0.1, 0.15) is 17.0 Å². The maximum atomic E-state index is 10.3. The number of nitriles is 1. The Bertz CT molecular complexity index is 1120. The molecule has 2 aromatic carbocycles. The van der Waals surface area contributed by atoms with E-state index >= 15 is 0 Å². The predicted octanol–water partition coefficient (Wildman–Crippen LogP) is 3.02. The molecule has 0 aliphatic carbocycles. The summed E-state index contributed by atoms with van der Waals surface area (Å²) in [6.45, 7) is 0. The van der Waals surface area contributed by atoms with Crippen LogP contribution < -0.4 is 19.9 Å². The summed E-state index contributed by atoms with van der Waals surface area (Å²) >= 11 is 0. The van der Waals surface area contributed by atoms with Crippen molar-refractivity contribution < 1.29 is 19.3 Å². The van der Waals surface area contributed by atoms with Crippen LogP contribution in [0.2, 0.25) is 0 Å². The first-order valence-corrected chi connectivity index (χ1v) is 8.75. The number of H-pyrrole nitrogens is 1. The quantitative estimate of drug-likeness (QED) is 0.625. The van der Waals surface area contributed by atoms with E-state index in [9.17, 15) is 10.4 Å². The molecular weight excluding hydrogens is 372 g/mol. The molecule has 0 radical (unpaired) electrons. The molecule has 146 valence electrons.